The molecule has 0 radical (unpaired) electrons. The van der Waals surface area contributed by atoms with Gasteiger partial charge in [-0.15, -0.1) is 0 Å². The summed E-state index contributed by atoms with van der Waals surface area (Å²) in [4.78, 5) is 30.3. The summed E-state index contributed by atoms with van der Waals surface area (Å²) in [5.41, 5.74) is 0.673. The van der Waals surface area contributed by atoms with Crippen LogP contribution in [0.3, 0.4) is 0 Å². The lowest BCUT2D eigenvalue weighted by Crippen LogP contribution is -2.55. The van der Waals surface area contributed by atoms with Gasteiger partial charge in [0.1, 0.15) is 5.54 Å². The van der Waals surface area contributed by atoms with Crippen LogP contribution >= 0.6 is 39.1 Å². The van der Waals surface area contributed by atoms with Crippen molar-refractivity contribution in [1.82, 2.24) is 4.90 Å². The third-order valence-corrected chi connectivity index (χ3v) is 7.30. The summed E-state index contributed by atoms with van der Waals surface area (Å²) in [6, 6.07) is 12.7. The van der Waals surface area contributed by atoms with Crippen molar-refractivity contribution >= 4 is 56.8 Å². The van der Waals surface area contributed by atoms with Crippen LogP contribution in [-0.2, 0) is 11.2 Å². The Morgan fingerprint density at radius 3 is 2.39 bits per heavy atom. The third-order valence-electron chi connectivity index (χ3n) is 6.34. The second-order valence-electron chi connectivity index (χ2n) is 7.81. The molecule has 3 fully saturated rings. The molecular weight excluding hydrogens is 463 g/mol. The van der Waals surface area contributed by atoms with Crippen molar-refractivity contribution in [3.8, 4) is 0 Å². The van der Waals surface area contributed by atoms with Gasteiger partial charge in [-0.25, -0.2) is 9.69 Å². The number of imide groups is 1. The molecule has 3 amide bonds. The normalized spacial score (nSPS) is 28.4. The van der Waals surface area contributed by atoms with Gasteiger partial charge in [-0.1, -0.05) is 51.3 Å². The number of hydrogen-bond donors (Lipinski definition) is 0. The fourth-order valence-corrected chi connectivity index (χ4v) is 6.03. The molecule has 0 spiro atoms. The Bertz CT molecular complexity index is 976. The number of anilines is 1. The highest BCUT2D eigenvalue weighted by Crippen LogP contribution is 2.55. The molecule has 2 aromatic carbocycles. The summed E-state index contributed by atoms with van der Waals surface area (Å²) in [6.45, 7) is 0. The number of nitrogens with zero attached hydrogens (tertiary/aromatic N) is 2. The molecule has 0 N–H and O–H groups in total. The molecule has 7 heteroatoms. The summed E-state index contributed by atoms with van der Waals surface area (Å²) in [5, 5.41) is 0.806. The van der Waals surface area contributed by atoms with E-state index in [9.17, 15) is 9.59 Å². The van der Waals surface area contributed by atoms with Crippen LogP contribution in [0.5, 0.6) is 0 Å². The highest BCUT2D eigenvalue weighted by molar-refractivity contribution is 9.10. The Balaban J connectivity index is 1.61. The average Bonchev–Trinajstić information content (AvgIpc) is 3.28. The van der Waals surface area contributed by atoms with E-state index in [-0.39, 0.29) is 23.9 Å². The lowest BCUT2D eigenvalue weighted by Gasteiger charge is -2.38. The SMILES string of the molecule is O=C1N(c2cc(Cl)cc(Cl)c2)C(=O)C2(Cc3ccc(Br)cc3)C3CCC(C3)N12. The number of hydrogen-bond acceptors (Lipinski definition) is 2. The van der Waals surface area contributed by atoms with E-state index in [0.717, 1.165) is 29.3 Å². The van der Waals surface area contributed by atoms with Gasteiger partial charge in [0.15, 0.2) is 0 Å². The lowest BCUT2D eigenvalue weighted by molar-refractivity contribution is -0.127. The first-order valence-electron chi connectivity index (χ1n) is 9.28. The van der Waals surface area contributed by atoms with Crippen molar-refractivity contribution in [1.29, 1.82) is 0 Å². The van der Waals surface area contributed by atoms with Crippen LogP contribution in [0.4, 0.5) is 10.5 Å². The number of fused-ring (bicyclic) bond motifs is 5. The van der Waals surface area contributed by atoms with Gasteiger partial charge >= 0.3 is 6.03 Å². The number of amides is 3. The number of piperidine rings is 1. The quantitative estimate of drug-likeness (QED) is 0.530. The molecule has 3 aliphatic rings. The van der Waals surface area contributed by atoms with Gasteiger partial charge in [-0.05, 0) is 61.1 Å². The largest absolute Gasteiger partial charge is 0.332 e. The number of rotatable bonds is 3. The smallest absolute Gasteiger partial charge is 0.306 e. The zero-order chi connectivity index (χ0) is 19.6. The Kier molecular flexibility index (Phi) is 4.27. The van der Waals surface area contributed by atoms with Crippen molar-refractivity contribution in [2.75, 3.05) is 4.90 Å². The van der Waals surface area contributed by atoms with E-state index in [4.69, 9.17) is 23.2 Å². The first-order valence-corrected chi connectivity index (χ1v) is 10.8. The first kappa shape index (κ1) is 18.5. The molecular formula is C21H17BrCl2N2O2. The zero-order valence-electron chi connectivity index (χ0n) is 14.9. The van der Waals surface area contributed by atoms with Crippen LogP contribution in [0.25, 0.3) is 0 Å². The fraction of sp³-hybridized carbons (Fsp3) is 0.333. The number of halogens is 3. The maximum absolute atomic E-state index is 13.8. The van der Waals surface area contributed by atoms with Crippen LogP contribution in [0.15, 0.2) is 46.9 Å². The minimum Gasteiger partial charge on any atom is -0.306 e. The van der Waals surface area contributed by atoms with Gasteiger partial charge < -0.3 is 4.90 Å². The first-order chi connectivity index (χ1) is 13.4. The van der Waals surface area contributed by atoms with E-state index in [1.807, 2.05) is 29.2 Å². The molecule has 144 valence electrons. The Morgan fingerprint density at radius 2 is 1.71 bits per heavy atom. The molecule has 5 rings (SSSR count). The third kappa shape index (κ3) is 2.56. The topological polar surface area (TPSA) is 40.6 Å². The van der Waals surface area contributed by atoms with E-state index in [1.165, 1.54) is 4.90 Å². The Morgan fingerprint density at radius 1 is 1.04 bits per heavy atom. The Labute approximate surface area is 181 Å². The van der Waals surface area contributed by atoms with Gasteiger partial charge in [-0.2, -0.15) is 0 Å². The molecule has 0 aromatic heterocycles. The predicted molar refractivity (Wildman–Crippen MR) is 113 cm³/mol. The summed E-state index contributed by atoms with van der Waals surface area (Å²) in [7, 11) is 0. The van der Waals surface area contributed by atoms with Gasteiger partial charge in [0.25, 0.3) is 5.91 Å². The highest BCUT2D eigenvalue weighted by atomic mass is 79.9. The van der Waals surface area contributed by atoms with Crippen LogP contribution in [-0.4, -0.2) is 28.4 Å². The minimum absolute atomic E-state index is 0.122. The van der Waals surface area contributed by atoms with Crippen LogP contribution < -0.4 is 4.90 Å². The molecule has 3 unspecified atom stereocenters. The van der Waals surface area contributed by atoms with E-state index >= 15 is 0 Å². The van der Waals surface area contributed by atoms with Crippen molar-refractivity contribution in [2.24, 2.45) is 5.92 Å². The molecule has 2 bridgehead atoms. The molecule has 4 nitrogen and oxygen atoms in total. The molecule has 1 aliphatic carbocycles. The molecule has 2 saturated heterocycles. The van der Waals surface area contributed by atoms with Crippen molar-refractivity contribution in [2.45, 2.75) is 37.3 Å². The van der Waals surface area contributed by atoms with Crippen LogP contribution in [0.1, 0.15) is 24.8 Å². The fourth-order valence-electron chi connectivity index (χ4n) is 5.26. The van der Waals surface area contributed by atoms with Crippen molar-refractivity contribution in [3.63, 3.8) is 0 Å². The van der Waals surface area contributed by atoms with Crippen molar-refractivity contribution < 1.29 is 9.59 Å². The van der Waals surface area contributed by atoms with Crippen LogP contribution in [0.2, 0.25) is 10.0 Å². The van der Waals surface area contributed by atoms with Crippen LogP contribution in [0, 0.1) is 5.92 Å². The second-order valence-corrected chi connectivity index (χ2v) is 9.60. The number of urea groups is 1. The molecule has 2 aromatic rings. The lowest BCUT2D eigenvalue weighted by atomic mass is 9.78. The number of carbonyl (C=O) groups excluding carboxylic acids is 2. The predicted octanol–water partition coefficient (Wildman–Crippen LogP) is 5.69. The summed E-state index contributed by atoms with van der Waals surface area (Å²) in [5.74, 6) is 0.0169. The Hall–Kier alpha value is -1.56. The summed E-state index contributed by atoms with van der Waals surface area (Å²) >= 11 is 15.7. The van der Waals surface area contributed by atoms with Crippen molar-refractivity contribution in [3.05, 3.63) is 62.5 Å². The monoisotopic (exact) mass is 478 g/mol. The second kappa shape index (κ2) is 6.48. The molecule has 2 aliphatic heterocycles. The van der Waals surface area contributed by atoms with Gasteiger partial charge in [0, 0.05) is 27.0 Å². The maximum atomic E-state index is 13.8. The van der Waals surface area contributed by atoms with E-state index in [1.54, 1.807) is 18.2 Å². The van der Waals surface area contributed by atoms with E-state index in [2.05, 4.69) is 15.9 Å². The number of carbonyl (C=O) groups is 2. The number of benzene rings is 2. The van der Waals surface area contributed by atoms with Gasteiger partial charge in [-0.3, -0.25) is 4.79 Å². The highest BCUT2D eigenvalue weighted by Gasteiger charge is 2.69. The molecule has 1 saturated carbocycles. The van der Waals surface area contributed by atoms with E-state index < -0.39 is 5.54 Å². The average molecular weight is 480 g/mol. The standard InChI is InChI=1S/C21H17BrCl2N2O2/c22-14-4-1-12(2-5-14)11-21-13-3-6-17(7-13)26(21)20(28)25(19(21)27)18-9-15(23)8-16(24)10-18/h1-2,4-5,8-10,13,17H,3,6-7,11H2. The summed E-state index contributed by atoms with van der Waals surface area (Å²) < 4.78 is 0.988. The van der Waals surface area contributed by atoms with Gasteiger partial charge in [0.2, 0.25) is 0 Å². The maximum Gasteiger partial charge on any atom is 0.332 e. The van der Waals surface area contributed by atoms with Gasteiger partial charge in [0.05, 0.1) is 5.69 Å². The molecule has 3 atom stereocenters. The van der Waals surface area contributed by atoms with E-state index in [0.29, 0.717) is 22.2 Å². The summed E-state index contributed by atoms with van der Waals surface area (Å²) in [6.07, 6.45) is 3.35. The zero-order valence-corrected chi connectivity index (χ0v) is 18.0. The molecule has 2 heterocycles. The molecule has 28 heavy (non-hydrogen) atoms. The minimum atomic E-state index is -0.817.